The van der Waals surface area contributed by atoms with Crippen LogP contribution in [0.1, 0.15) is 29.3 Å². The number of ether oxygens (including phenoxy) is 1. The van der Waals surface area contributed by atoms with Gasteiger partial charge in [-0.3, -0.25) is 4.98 Å². The summed E-state index contributed by atoms with van der Waals surface area (Å²) in [6.45, 7) is 3.99. The van der Waals surface area contributed by atoms with Crippen molar-refractivity contribution in [3.05, 3.63) is 48.0 Å². The number of anilines is 1. The van der Waals surface area contributed by atoms with E-state index in [9.17, 15) is 10.2 Å². The lowest BCUT2D eigenvalue weighted by atomic mass is 10.0. The maximum Gasteiger partial charge on any atom is 0.152 e. The fraction of sp³-hybridized carbons (Fsp3) is 0.348. The Balaban J connectivity index is 1.98. The number of aromatic nitrogens is 4. The molecule has 0 radical (unpaired) electrons. The fourth-order valence-electron chi connectivity index (χ4n) is 3.76. The molecular weight excluding hydrogens is 521 g/mol. The summed E-state index contributed by atoms with van der Waals surface area (Å²) in [6.07, 6.45) is 3.98. The van der Waals surface area contributed by atoms with Crippen molar-refractivity contribution in [3.8, 4) is 11.1 Å². The molecule has 1 atom stereocenters. The summed E-state index contributed by atoms with van der Waals surface area (Å²) in [6, 6.07) is 7.85. The van der Waals surface area contributed by atoms with Crippen molar-refractivity contribution in [1.29, 1.82) is 0 Å². The maximum absolute atomic E-state index is 10.8. The first-order valence-corrected chi connectivity index (χ1v) is 11.5. The number of fused-ring (bicyclic) bond motifs is 3. The van der Waals surface area contributed by atoms with Crippen molar-refractivity contribution in [2.45, 2.75) is 36.5 Å². The predicted octanol–water partition coefficient (Wildman–Crippen LogP) is 3.61. The third-order valence-corrected chi connectivity index (χ3v) is 7.45. The number of methoxy groups -OCH3 is 1. The molecule has 1 aromatic carbocycles. The van der Waals surface area contributed by atoms with E-state index in [2.05, 4.69) is 32.6 Å². The topological polar surface area (TPSA) is 119 Å². The number of imidazole rings is 1. The quantitative estimate of drug-likeness (QED) is 0.239. The largest absolute Gasteiger partial charge is 0.392 e. The molecule has 168 valence electrons. The van der Waals surface area contributed by atoms with Gasteiger partial charge in [0.2, 0.25) is 0 Å². The summed E-state index contributed by atoms with van der Waals surface area (Å²) in [5.74, 6) is 1.12. The first kappa shape index (κ1) is 22.8. The van der Waals surface area contributed by atoms with Crippen LogP contribution in [0.2, 0.25) is 0 Å². The highest BCUT2D eigenvalue weighted by molar-refractivity contribution is 14.1. The number of hydrogen-bond acceptors (Lipinski definition) is 7. The number of nitrogens with two attached hydrogens (primary N) is 1. The zero-order chi connectivity index (χ0) is 23.0. The summed E-state index contributed by atoms with van der Waals surface area (Å²) in [7, 11) is 1.65. The first-order valence-electron chi connectivity index (χ1n) is 10.2. The molecule has 0 aliphatic rings. The molecule has 0 spiro atoms. The van der Waals surface area contributed by atoms with Gasteiger partial charge < -0.3 is 25.3 Å². The molecule has 0 saturated heterocycles. The van der Waals surface area contributed by atoms with Gasteiger partial charge in [-0.1, -0.05) is 34.7 Å². The Morgan fingerprint density at radius 3 is 2.66 bits per heavy atom. The standard InChI is InChI=1S/C23H26IN5O3/c1-23(2,31)22(24)29-18(6-7-32-3)28-19-20(29)16-5-4-14(9-17(16)27-21(19)25)15-8-13(12-30)10-26-11-15/h4-5,8-11,22,30-31H,6-7,12H2,1-3H3,(H2,25,27). The van der Waals surface area contributed by atoms with Crippen molar-refractivity contribution in [3.63, 3.8) is 0 Å². The number of alkyl halides is 1. The van der Waals surface area contributed by atoms with Gasteiger partial charge in [0.05, 0.1) is 29.8 Å². The highest BCUT2D eigenvalue weighted by atomic mass is 127. The van der Waals surface area contributed by atoms with E-state index < -0.39 is 5.60 Å². The van der Waals surface area contributed by atoms with Crippen LogP contribution in [-0.4, -0.2) is 49.0 Å². The molecule has 8 nitrogen and oxygen atoms in total. The van der Waals surface area contributed by atoms with Crippen LogP contribution >= 0.6 is 22.6 Å². The number of halogens is 1. The summed E-state index contributed by atoms with van der Waals surface area (Å²) in [4.78, 5) is 13.6. The monoisotopic (exact) mass is 547 g/mol. The van der Waals surface area contributed by atoms with Gasteiger partial charge in [-0.05, 0) is 37.1 Å². The van der Waals surface area contributed by atoms with Crippen molar-refractivity contribution >= 4 is 50.3 Å². The minimum atomic E-state index is -0.989. The average Bonchev–Trinajstić information content (AvgIpc) is 3.16. The van der Waals surface area contributed by atoms with Crippen molar-refractivity contribution < 1.29 is 14.9 Å². The lowest BCUT2D eigenvalue weighted by Gasteiger charge is -2.28. The predicted molar refractivity (Wildman–Crippen MR) is 134 cm³/mol. The van der Waals surface area contributed by atoms with Gasteiger partial charge >= 0.3 is 0 Å². The first-order chi connectivity index (χ1) is 15.2. The molecule has 4 aromatic rings. The SMILES string of the molecule is COCCc1nc2c(N)nc3cc(-c4cncc(CO)c4)ccc3c2n1C(I)C(C)(C)O. The van der Waals surface area contributed by atoms with Crippen LogP contribution in [0.3, 0.4) is 0 Å². The third-order valence-electron chi connectivity index (χ3n) is 5.37. The van der Waals surface area contributed by atoms with Crippen LogP contribution in [0.25, 0.3) is 33.1 Å². The Kier molecular flexibility index (Phi) is 6.35. The highest BCUT2D eigenvalue weighted by Gasteiger charge is 2.30. The van der Waals surface area contributed by atoms with E-state index in [1.807, 2.05) is 28.8 Å². The van der Waals surface area contributed by atoms with E-state index in [4.69, 9.17) is 15.5 Å². The van der Waals surface area contributed by atoms with Gasteiger partial charge in [-0.15, -0.1) is 0 Å². The smallest absolute Gasteiger partial charge is 0.152 e. The number of nitrogen functional groups attached to an aromatic ring is 1. The Morgan fingerprint density at radius 2 is 1.97 bits per heavy atom. The summed E-state index contributed by atoms with van der Waals surface area (Å²) in [5.41, 5.74) is 10.1. The maximum atomic E-state index is 10.8. The molecule has 4 rings (SSSR count). The minimum Gasteiger partial charge on any atom is -0.392 e. The van der Waals surface area contributed by atoms with Crippen molar-refractivity contribution in [1.82, 2.24) is 19.5 Å². The van der Waals surface area contributed by atoms with Crippen molar-refractivity contribution in [2.24, 2.45) is 0 Å². The molecule has 0 aliphatic carbocycles. The Labute approximate surface area is 199 Å². The number of nitrogens with zero attached hydrogens (tertiary/aromatic N) is 4. The second-order valence-corrected chi connectivity index (χ2v) is 9.48. The van der Waals surface area contributed by atoms with E-state index in [1.165, 1.54) is 0 Å². The Bertz CT molecular complexity index is 1280. The molecule has 3 aromatic heterocycles. The zero-order valence-electron chi connectivity index (χ0n) is 18.2. The number of benzene rings is 1. The molecule has 32 heavy (non-hydrogen) atoms. The van der Waals surface area contributed by atoms with Crippen LogP contribution in [0.5, 0.6) is 0 Å². The molecule has 3 heterocycles. The second-order valence-electron chi connectivity index (χ2n) is 8.30. The molecule has 4 N–H and O–H groups in total. The van der Waals surface area contributed by atoms with Crippen LogP contribution in [0, 0.1) is 0 Å². The van der Waals surface area contributed by atoms with Crippen molar-refractivity contribution in [2.75, 3.05) is 19.5 Å². The lowest BCUT2D eigenvalue weighted by molar-refractivity contribution is 0.0633. The highest BCUT2D eigenvalue weighted by Crippen LogP contribution is 2.38. The number of rotatable bonds is 7. The summed E-state index contributed by atoms with van der Waals surface area (Å²) < 4.78 is 7.03. The molecule has 0 bridgehead atoms. The number of pyridine rings is 2. The molecule has 0 aliphatic heterocycles. The van der Waals surface area contributed by atoms with Gasteiger partial charge in [0.25, 0.3) is 0 Å². The van der Waals surface area contributed by atoms with Gasteiger partial charge in [-0.2, -0.15) is 0 Å². The zero-order valence-corrected chi connectivity index (χ0v) is 20.4. The fourth-order valence-corrected chi connectivity index (χ4v) is 4.36. The van der Waals surface area contributed by atoms with E-state index >= 15 is 0 Å². The van der Waals surface area contributed by atoms with E-state index in [-0.39, 0.29) is 10.7 Å². The Hall–Kier alpha value is -2.34. The Morgan fingerprint density at radius 1 is 1.19 bits per heavy atom. The van der Waals surface area contributed by atoms with Gasteiger partial charge in [0.15, 0.2) is 5.82 Å². The summed E-state index contributed by atoms with van der Waals surface area (Å²) >= 11 is 2.24. The third kappa shape index (κ3) is 4.17. The number of aliphatic hydroxyl groups excluding tert-OH is 1. The van der Waals surface area contributed by atoms with Gasteiger partial charge in [0, 0.05) is 36.9 Å². The molecule has 0 amide bonds. The minimum absolute atomic E-state index is 0.0718. The molecule has 9 heteroatoms. The molecule has 0 saturated carbocycles. The van der Waals surface area contributed by atoms with E-state index in [0.717, 1.165) is 38.9 Å². The molecule has 0 fully saturated rings. The van der Waals surface area contributed by atoms with Crippen LogP contribution < -0.4 is 5.73 Å². The number of aliphatic hydroxyl groups is 2. The lowest BCUT2D eigenvalue weighted by Crippen LogP contribution is -2.30. The normalized spacial score (nSPS) is 13.2. The van der Waals surface area contributed by atoms with Crippen LogP contribution in [-0.2, 0) is 17.8 Å². The molecule has 1 unspecified atom stereocenters. The average molecular weight is 547 g/mol. The molecular formula is C23H26IN5O3. The second kappa shape index (κ2) is 8.89. The van der Waals surface area contributed by atoms with Gasteiger partial charge in [0.1, 0.15) is 15.4 Å². The summed E-state index contributed by atoms with van der Waals surface area (Å²) in [5, 5.41) is 21.1. The van der Waals surface area contributed by atoms with Crippen LogP contribution in [0.15, 0.2) is 36.7 Å². The van der Waals surface area contributed by atoms with Crippen LogP contribution in [0.4, 0.5) is 5.82 Å². The van der Waals surface area contributed by atoms with Gasteiger partial charge in [-0.25, -0.2) is 9.97 Å². The van der Waals surface area contributed by atoms with E-state index in [1.54, 1.807) is 33.4 Å². The number of hydrogen-bond donors (Lipinski definition) is 3. The van der Waals surface area contributed by atoms with E-state index in [0.29, 0.717) is 24.4 Å².